The molecule has 1 aliphatic heterocycles. The van der Waals surface area contributed by atoms with Crippen molar-refractivity contribution in [1.29, 1.82) is 0 Å². The van der Waals surface area contributed by atoms with Crippen molar-refractivity contribution in [2.45, 2.75) is 12.2 Å². The molecule has 0 aromatic carbocycles. The summed E-state index contributed by atoms with van der Waals surface area (Å²) in [6.45, 7) is 1.30. The highest BCUT2D eigenvalue weighted by atomic mass is 19.1. The normalized spacial score (nSPS) is 23.7. The van der Waals surface area contributed by atoms with E-state index in [1.54, 1.807) is 0 Å². The number of rotatable bonds is 2. The fourth-order valence-electron chi connectivity index (χ4n) is 1.49. The van der Waals surface area contributed by atoms with Crippen LogP contribution < -0.4 is 0 Å². The third kappa shape index (κ3) is 2.50. The Kier molecular flexibility index (Phi) is 3.25. The van der Waals surface area contributed by atoms with Crippen LogP contribution in [0.1, 0.15) is 11.7 Å². The summed E-state index contributed by atoms with van der Waals surface area (Å²) in [5, 5.41) is 9.86. The van der Waals surface area contributed by atoms with E-state index >= 15 is 0 Å². The minimum absolute atomic E-state index is 0.317. The van der Waals surface area contributed by atoms with Gasteiger partial charge in [-0.2, -0.15) is 0 Å². The van der Waals surface area contributed by atoms with E-state index in [0.717, 1.165) is 6.20 Å². The van der Waals surface area contributed by atoms with Gasteiger partial charge in [-0.3, -0.25) is 4.98 Å². The number of pyridine rings is 1. The van der Waals surface area contributed by atoms with Gasteiger partial charge in [-0.25, -0.2) is 4.39 Å². The number of hydrogen-bond donors (Lipinski definition) is 1. The first-order valence-electron chi connectivity index (χ1n) is 4.75. The van der Waals surface area contributed by atoms with Gasteiger partial charge in [-0.05, 0) is 6.07 Å². The van der Waals surface area contributed by atoms with Crippen LogP contribution in [0.25, 0.3) is 0 Å². The largest absolute Gasteiger partial charge is 0.386 e. The second kappa shape index (κ2) is 4.65. The van der Waals surface area contributed by atoms with E-state index in [0.29, 0.717) is 25.4 Å². The quantitative estimate of drug-likeness (QED) is 0.784. The number of ether oxygens (including phenoxy) is 2. The zero-order chi connectivity index (χ0) is 10.7. The Morgan fingerprint density at radius 1 is 1.47 bits per heavy atom. The molecule has 2 rings (SSSR count). The molecule has 2 atom stereocenters. The lowest BCUT2D eigenvalue weighted by Crippen LogP contribution is -2.33. The first-order valence-corrected chi connectivity index (χ1v) is 4.75. The zero-order valence-corrected chi connectivity index (χ0v) is 8.10. The smallest absolute Gasteiger partial charge is 0.141 e. The van der Waals surface area contributed by atoms with E-state index in [9.17, 15) is 9.50 Å². The predicted octanol–water partition coefficient (Wildman–Crippen LogP) is 0.669. The first-order chi connectivity index (χ1) is 7.27. The molecule has 82 valence electrons. The molecular weight excluding hydrogens is 201 g/mol. The Labute approximate surface area is 86.7 Å². The average Bonchev–Trinajstić information content (AvgIpc) is 2.29. The molecule has 2 heterocycles. The fourth-order valence-corrected chi connectivity index (χ4v) is 1.49. The number of aliphatic hydroxyl groups excluding tert-OH is 1. The summed E-state index contributed by atoms with van der Waals surface area (Å²) in [5.74, 6) is -0.469. The van der Waals surface area contributed by atoms with Gasteiger partial charge in [0.15, 0.2) is 0 Å². The van der Waals surface area contributed by atoms with Crippen molar-refractivity contribution < 1.29 is 19.0 Å². The molecular formula is C10H12FNO3. The lowest BCUT2D eigenvalue weighted by atomic mass is 10.1. The second-order valence-electron chi connectivity index (χ2n) is 3.37. The number of halogens is 1. The van der Waals surface area contributed by atoms with Crippen LogP contribution >= 0.6 is 0 Å². The van der Waals surface area contributed by atoms with Crippen LogP contribution in [0.5, 0.6) is 0 Å². The summed E-state index contributed by atoms with van der Waals surface area (Å²) in [4.78, 5) is 3.67. The number of hydrogen-bond acceptors (Lipinski definition) is 4. The summed E-state index contributed by atoms with van der Waals surface area (Å²) < 4.78 is 23.3. The highest BCUT2D eigenvalue weighted by molar-refractivity contribution is 5.14. The van der Waals surface area contributed by atoms with Gasteiger partial charge in [0.2, 0.25) is 0 Å². The van der Waals surface area contributed by atoms with Crippen molar-refractivity contribution in [1.82, 2.24) is 4.98 Å². The first kappa shape index (κ1) is 10.5. The molecule has 0 aliphatic carbocycles. The van der Waals surface area contributed by atoms with Crippen LogP contribution in [-0.2, 0) is 9.47 Å². The van der Waals surface area contributed by atoms with Crippen LogP contribution in [-0.4, -0.2) is 36.0 Å². The Morgan fingerprint density at radius 2 is 2.33 bits per heavy atom. The highest BCUT2D eigenvalue weighted by Gasteiger charge is 2.25. The second-order valence-corrected chi connectivity index (χ2v) is 3.37. The maximum absolute atomic E-state index is 12.8. The minimum atomic E-state index is -0.895. The van der Waals surface area contributed by atoms with Gasteiger partial charge in [-0.15, -0.1) is 0 Å². The summed E-state index contributed by atoms with van der Waals surface area (Å²) in [6, 6.07) is 1.25. The van der Waals surface area contributed by atoms with E-state index in [4.69, 9.17) is 9.47 Å². The van der Waals surface area contributed by atoms with Gasteiger partial charge in [0, 0.05) is 11.8 Å². The molecule has 1 N–H and O–H groups in total. The van der Waals surface area contributed by atoms with Gasteiger partial charge in [-0.1, -0.05) is 0 Å². The van der Waals surface area contributed by atoms with E-state index < -0.39 is 18.0 Å². The van der Waals surface area contributed by atoms with Crippen molar-refractivity contribution >= 4 is 0 Å². The highest BCUT2D eigenvalue weighted by Crippen LogP contribution is 2.21. The molecule has 4 nitrogen and oxygen atoms in total. The zero-order valence-electron chi connectivity index (χ0n) is 8.10. The average molecular weight is 213 g/mol. The Morgan fingerprint density at radius 3 is 3.00 bits per heavy atom. The molecule has 1 aromatic heterocycles. The van der Waals surface area contributed by atoms with Gasteiger partial charge in [0.1, 0.15) is 18.0 Å². The topological polar surface area (TPSA) is 51.6 Å². The van der Waals surface area contributed by atoms with Crippen molar-refractivity contribution in [3.05, 3.63) is 29.8 Å². The maximum atomic E-state index is 12.8. The van der Waals surface area contributed by atoms with Crippen molar-refractivity contribution in [3.63, 3.8) is 0 Å². The predicted molar refractivity (Wildman–Crippen MR) is 49.7 cm³/mol. The molecule has 1 aromatic rings. The van der Waals surface area contributed by atoms with Crippen molar-refractivity contribution in [2.75, 3.05) is 19.8 Å². The van der Waals surface area contributed by atoms with E-state index in [2.05, 4.69) is 4.98 Å². The third-order valence-corrected chi connectivity index (χ3v) is 2.26. The van der Waals surface area contributed by atoms with Crippen LogP contribution in [0.4, 0.5) is 4.39 Å². The lowest BCUT2D eigenvalue weighted by Gasteiger charge is -2.27. The molecule has 5 heteroatoms. The SMILES string of the molecule is OC(c1cncc(F)c1)C1COCCO1. The van der Waals surface area contributed by atoms with Crippen molar-refractivity contribution in [3.8, 4) is 0 Å². The summed E-state index contributed by atoms with van der Waals surface area (Å²) >= 11 is 0. The van der Waals surface area contributed by atoms with Gasteiger partial charge >= 0.3 is 0 Å². The van der Waals surface area contributed by atoms with E-state index in [1.807, 2.05) is 0 Å². The van der Waals surface area contributed by atoms with Gasteiger partial charge in [0.25, 0.3) is 0 Å². The Bertz CT molecular complexity index is 328. The molecule has 15 heavy (non-hydrogen) atoms. The fraction of sp³-hybridized carbons (Fsp3) is 0.500. The minimum Gasteiger partial charge on any atom is -0.386 e. The molecule has 0 spiro atoms. The maximum Gasteiger partial charge on any atom is 0.141 e. The number of aliphatic hydroxyl groups is 1. The summed E-state index contributed by atoms with van der Waals surface area (Å²) in [5.41, 5.74) is 0.408. The molecule has 0 amide bonds. The molecule has 2 unspecified atom stereocenters. The standard InChI is InChI=1S/C10H12FNO3/c11-8-3-7(4-12-5-8)10(13)9-6-14-1-2-15-9/h3-5,9-10,13H,1-2,6H2. The van der Waals surface area contributed by atoms with Crippen LogP contribution in [0.15, 0.2) is 18.5 Å². The Balaban J connectivity index is 2.08. The van der Waals surface area contributed by atoms with Crippen molar-refractivity contribution in [2.24, 2.45) is 0 Å². The van der Waals surface area contributed by atoms with E-state index in [-0.39, 0.29) is 0 Å². The number of aromatic nitrogens is 1. The molecule has 0 saturated carbocycles. The monoisotopic (exact) mass is 213 g/mol. The van der Waals surface area contributed by atoms with Crippen LogP contribution in [0.3, 0.4) is 0 Å². The molecule has 1 fully saturated rings. The van der Waals surface area contributed by atoms with E-state index in [1.165, 1.54) is 12.3 Å². The Hall–Kier alpha value is -1.04. The lowest BCUT2D eigenvalue weighted by molar-refractivity contribution is -0.133. The number of nitrogens with zero attached hydrogens (tertiary/aromatic N) is 1. The molecule has 1 saturated heterocycles. The third-order valence-electron chi connectivity index (χ3n) is 2.26. The van der Waals surface area contributed by atoms with Gasteiger partial charge < -0.3 is 14.6 Å². The van der Waals surface area contributed by atoms with Crippen LogP contribution in [0.2, 0.25) is 0 Å². The van der Waals surface area contributed by atoms with Crippen LogP contribution in [0, 0.1) is 5.82 Å². The summed E-state index contributed by atoms with van der Waals surface area (Å²) in [6.07, 6.45) is 1.18. The van der Waals surface area contributed by atoms with Gasteiger partial charge in [0.05, 0.1) is 26.0 Å². The molecule has 0 radical (unpaired) electrons. The molecule has 0 bridgehead atoms. The summed E-state index contributed by atoms with van der Waals surface area (Å²) in [7, 11) is 0. The molecule has 1 aliphatic rings.